The van der Waals surface area contributed by atoms with Crippen molar-refractivity contribution in [2.75, 3.05) is 36.2 Å². The zero-order valence-corrected chi connectivity index (χ0v) is 24.8. The Bertz CT molecular complexity index is 1170. The number of nitrogens with one attached hydrogen (secondary N) is 1. The predicted molar refractivity (Wildman–Crippen MR) is 161 cm³/mol. The van der Waals surface area contributed by atoms with Gasteiger partial charge in [-0.25, -0.2) is 30.0 Å². The van der Waals surface area contributed by atoms with Gasteiger partial charge in [-0.2, -0.15) is 0 Å². The molecule has 2 aromatic heterocycles. The molecule has 5 rings (SSSR count). The number of hydrogen-bond donors (Lipinski definition) is 1. The van der Waals surface area contributed by atoms with Gasteiger partial charge in [-0.3, -0.25) is 4.90 Å². The smallest absolute Gasteiger partial charge is 0.244 e. The van der Waals surface area contributed by atoms with Gasteiger partial charge in [0.05, 0.1) is 24.3 Å². The molecule has 0 atom stereocenters. The highest BCUT2D eigenvalue weighted by atomic mass is 16.5. The van der Waals surface area contributed by atoms with Crippen LogP contribution in [0.4, 0.5) is 11.9 Å². The van der Waals surface area contributed by atoms with Gasteiger partial charge in [-0.05, 0) is 96.3 Å². The average Bonchev–Trinajstić information content (AvgIpc) is 2.97. The van der Waals surface area contributed by atoms with E-state index in [4.69, 9.17) is 19.4 Å². The van der Waals surface area contributed by atoms with Crippen molar-refractivity contribution in [3.05, 3.63) is 60.7 Å². The number of anilines is 2. The summed E-state index contributed by atoms with van der Waals surface area (Å²) in [5.74, 6) is 3.12. The molecule has 41 heavy (non-hydrogen) atoms. The number of piperidine rings is 2. The number of hydrogen-bond acceptors (Lipinski definition) is 10. The molecule has 0 unspecified atom stereocenters. The molecular weight excluding hydrogens is 516 g/mol. The first kappa shape index (κ1) is 29.0. The van der Waals surface area contributed by atoms with E-state index in [2.05, 4.69) is 70.0 Å². The fraction of sp³-hybridized carbons (Fsp3) is 0.548. The molecule has 0 radical (unpaired) electrons. The standard InChI is InChI=1S/C31H44N8O2/c1-23(2)40-28-19-25(20-29(21-28)41-24(3)4)22-37-17-9-27(10-18-37)39(31-35-13-6-14-36-31)38(26-7-15-32-16-8-26)30-33-11-5-12-34-30/h5-6,11-14,19-21,23-24,26-27,32H,7-10,15-18,22H2,1-4H3. The van der Waals surface area contributed by atoms with Crippen molar-refractivity contribution < 1.29 is 9.47 Å². The van der Waals surface area contributed by atoms with Crippen molar-refractivity contribution >= 4 is 11.9 Å². The SMILES string of the molecule is CC(C)Oc1cc(CN2CCC(N(c3ncccn3)N(c3ncccn3)C3CCNCC3)CC2)cc(OC(C)C)c1. The van der Waals surface area contributed by atoms with E-state index in [0.717, 1.165) is 69.9 Å². The number of aromatic nitrogens is 4. The van der Waals surface area contributed by atoms with E-state index in [-0.39, 0.29) is 24.3 Å². The molecule has 2 aliphatic heterocycles. The lowest BCUT2D eigenvalue weighted by atomic mass is 10.0. The minimum absolute atomic E-state index is 0.107. The van der Waals surface area contributed by atoms with Gasteiger partial charge in [-0.15, -0.1) is 0 Å². The van der Waals surface area contributed by atoms with Crippen molar-refractivity contribution in [3.8, 4) is 11.5 Å². The van der Waals surface area contributed by atoms with Crippen LogP contribution in [0.5, 0.6) is 11.5 Å². The Morgan fingerprint density at radius 2 is 1.20 bits per heavy atom. The maximum absolute atomic E-state index is 6.05. The van der Waals surface area contributed by atoms with Crippen LogP contribution >= 0.6 is 0 Å². The fourth-order valence-corrected chi connectivity index (χ4v) is 5.72. The highest BCUT2D eigenvalue weighted by Gasteiger charge is 2.36. The van der Waals surface area contributed by atoms with E-state index in [1.807, 2.05) is 43.0 Å². The highest BCUT2D eigenvalue weighted by Crippen LogP contribution is 2.31. The van der Waals surface area contributed by atoms with Crippen LogP contribution in [-0.2, 0) is 6.54 Å². The number of benzene rings is 1. The molecule has 0 bridgehead atoms. The molecule has 0 spiro atoms. The summed E-state index contributed by atoms with van der Waals surface area (Å²) in [7, 11) is 0. The minimum atomic E-state index is 0.107. The van der Waals surface area contributed by atoms with E-state index in [0.29, 0.717) is 11.9 Å². The molecule has 2 fully saturated rings. The summed E-state index contributed by atoms with van der Waals surface area (Å²) in [5, 5.41) is 8.06. The van der Waals surface area contributed by atoms with Gasteiger partial charge < -0.3 is 14.8 Å². The van der Waals surface area contributed by atoms with Crippen LogP contribution in [0.2, 0.25) is 0 Å². The van der Waals surface area contributed by atoms with Gasteiger partial charge in [0, 0.05) is 50.5 Å². The van der Waals surface area contributed by atoms with Gasteiger partial charge in [0.1, 0.15) is 11.5 Å². The largest absolute Gasteiger partial charge is 0.491 e. The summed E-state index contributed by atoms with van der Waals surface area (Å²) < 4.78 is 12.1. The Hall–Kier alpha value is -3.50. The summed E-state index contributed by atoms with van der Waals surface area (Å²) in [4.78, 5) is 21.3. The summed E-state index contributed by atoms with van der Waals surface area (Å²) in [5.41, 5.74) is 1.20. The quantitative estimate of drug-likeness (QED) is 0.338. The lowest BCUT2D eigenvalue weighted by molar-refractivity contribution is 0.195. The maximum atomic E-state index is 6.05. The predicted octanol–water partition coefficient (Wildman–Crippen LogP) is 4.49. The molecule has 1 aromatic carbocycles. The van der Waals surface area contributed by atoms with Crippen molar-refractivity contribution in [1.29, 1.82) is 0 Å². The first-order valence-corrected chi connectivity index (χ1v) is 15.0. The molecule has 0 saturated carbocycles. The summed E-state index contributed by atoms with van der Waals surface area (Å²) in [6, 6.07) is 10.5. The van der Waals surface area contributed by atoms with E-state index in [1.165, 1.54) is 5.56 Å². The molecule has 10 nitrogen and oxygen atoms in total. The first-order chi connectivity index (χ1) is 20.0. The van der Waals surface area contributed by atoms with Crippen LogP contribution < -0.4 is 24.8 Å². The van der Waals surface area contributed by atoms with Crippen LogP contribution in [0.15, 0.2) is 55.1 Å². The Balaban J connectivity index is 1.35. The Kier molecular flexibility index (Phi) is 9.84. The minimum Gasteiger partial charge on any atom is -0.491 e. The summed E-state index contributed by atoms with van der Waals surface area (Å²) in [6.07, 6.45) is 11.5. The van der Waals surface area contributed by atoms with Crippen molar-refractivity contribution in [3.63, 3.8) is 0 Å². The number of rotatable bonds is 11. The molecule has 4 heterocycles. The third kappa shape index (κ3) is 7.83. The van der Waals surface area contributed by atoms with Crippen LogP contribution in [0, 0.1) is 0 Å². The second kappa shape index (κ2) is 13.9. The van der Waals surface area contributed by atoms with Crippen molar-refractivity contribution in [2.24, 2.45) is 0 Å². The van der Waals surface area contributed by atoms with Gasteiger partial charge >= 0.3 is 0 Å². The molecule has 0 aliphatic carbocycles. The molecule has 1 N–H and O–H groups in total. The highest BCUT2D eigenvalue weighted by molar-refractivity contribution is 5.46. The first-order valence-electron chi connectivity index (χ1n) is 15.0. The molecule has 0 amide bonds. The number of nitrogens with zero attached hydrogens (tertiary/aromatic N) is 7. The number of likely N-dealkylation sites (tertiary alicyclic amines) is 1. The van der Waals surface area contributed by atoms with Gasteiger partial charge in [0.25, 0.3) is 0 Å². The lowest BCUT2D eigenvalue weighted by Crippen LogP contribution is -2.59. The Labute approximate surface area is 244 Å². The second-order valence-electron chi connectivity index (χ2n) is 11.4. The van der Waals surface area contributed by atoms with Gasteiger partial charge in [-0.1, -0.05) is 0 Å². The van der Waals surface area contributed by atoms with Crippen LogP contribution in [-0.4, -0.2) is 75.3 Å². The summed E-state index contributed by atoms with van der Waals surface area (Å²) in [6.45, 7) is 12.9. The molecule has 10 heteroatoms. The van der Waals surface area contributed by atoms with Crippen LogP contribution in [0.3, 0.4) is 0 Å². The monoisotopic (exact) mass is 560 g/mol. The third-order valence-corrected chi connectivity index (χ3v) is 7.39. The van der Waals surface area contributed by atoms with E-state index in [9.17, 15) is 0 Å². The Morgan fingerprint density at radius 3 is 1.66 bits per heavy atom. The molecular formula is C31H44N8O2. The number of ether oxygens (including phenoxy) is 2. The zero-order chi connectivity index (χ0) is 28.6. The van der Waals surface area contributed by atoms with Gasteiger partial charge in [0.2, 0.25) is 11.9 Å². The van der Waals surface area contributed by atoms with Crippen molar-refractivity contribution in [1.82, 2.24) is 30.2 Å². The van der Waals surface area contributed by atoms with Crippen LogP contribution in [0.1, 0.15) is 58.9 Å². The van der Waals surface area contributed by atoms with E-state index in [1.54, 1.807) is 0 Å². The molecule has 3 aromatic rings. The fourth-order valence-electron chi connectivity index (χ4n) is 5.72. The maximum Gasteiger partial charge on any atom is 0.244 e. The topological polar surface area (TPSA) is 91.8 Å². The summed E-state index contributed by atoms with van der Waals surface area (Å²) >= 11 is 0. The average molecular weight is 561 g/mol. The normalized spacial score (nSPS) is 17.1. The lowest BCUT2D eigenvalue weighted by Gasteiger charge is -2.47. The Morgan fingerprint density at radius 1 is 0.732 bits per heavy atom. The molecule has 2 aliphatic rings. The van der Waals surface area contributed by atoms with E-state index < -0.39 is 0 Å². The second-order valence-corrected chi connectivity index (χ2v) is 11.4. The zero-order valence-electron chi connectivity index (χ0n) is 24.8. The number of hydrazine groups is 1. The van der Waals surface area contributed by atoms with Crippen molar-refractivity contribution in [2.45, 2.75) is 84.2 Å². The van der Waals surface area contributed by atoms with Crippen LogP contribution in [0.25, 0.3) is 0 Å². The van der Waals surface area contributed by atoms with E-state index >= 15 is 0 Å². The molecule has 2 saturated heterocycles. The van der Waals surface area contributed by atoms with Gasteiger partial charge in [0.15, 0.2) is 0 Å². The molecule has 220 valence electrons. The third-order valence-electron chi connectivity index (χ3n) is 7.39.